The van der Waals surface area contributed by atoms with E-state index in [9.17, 15) is 19.0 Å². The standard InChI is InChI=1S/C12H17O7PS/c13-11(14)4-3-10(12(15)16)19-20(17,18)6-1-2-9-5-7-21-8-9/h5,7-8,10H,1-4,6H2,(H,13,14)(H,15,16)(H,17,18). The van der Waals surface area contributed by atoms with Crippen LogP contribution in [0.25, 0.3) is 0 Å². The third-order valence-electron chi connectivity index (χ3n) is 2.67. The maximum atomic E-state index is 11.8. The number of carbonyl (C=O) groups is 2. The fourth-order valence-corrected chi connectivity index (χ4v) is 3.60. The first-order valence-electron chi connectivity index (χ1n) is 6.26. The summed E-state index contributed by atoms with van der Waals surface area (Å²) in [4.78, 5) is 31.0. The number of aryl methyl sites for hydroxylation is 1. The molecule has 1 rings (SSSR count). The van der Waals surface area contributed by atoms with Gasteiger partial charge in [-0.15, -0.1) is 0 Å². The van der Waals surface area contributed by atoms with E-state index in [0.717, 1.165) is 5.56 Å². The molecule has 9 heteroatoms. The van der Waals surface area contributed by atoms with Gasteiger partial charge in [0.05, 0.1) is 6.16 Å². The highest BCUT2D eigenvalue weighted by atomic mass is 32.1. The second-order valence-electron chi connectivity index (χ2n) is 4.46. The lowest BCUT2D eigenvalue weighted by Gasteiger charge is -2.17. The number of carboxylic acids is 2. The van der Waals surface area contributed by atoms with Gasteiger partial charge >= 0.3 is 19.5 Å². The molecule has 118 valence electrons. The van der Waals surface area contributed by atoms with Crippen molar-refractivity contribution >= 4 is 30.9 Å². The molecule has 2 unspecified atom stereocenters. The van der Waals surface area contributed by atoms with Crippen molar-refractivity contribution in [2.24, 2.45) is 0 Å². The number of hydrogen-bond donors (Lipinski definition) is 3. The number of thiophene rings is 1. The summed E-state index contributed by atoms with van der Waals surface area (Å²) in [7, 11) is -4.05. The largest absolute Gasteiger partial charge is 0.481 e. The fraction of sp³-hybridized carbons (Fsp3) is 0.500. The first kappa shape index (κ1) is 17.8. The molecule has 0 saturated heterocycles. The van der Waals surface area contributed by atoms with Crippen molar-refractivity contribution in [1.82, 2.24) is 0 Å². The van der Waals surface area contributed by atoms with Crippen LogP contribution in [0.4, 0.5) is 0 Å². The molecule has 3 N–H and O–H groups in total. The van der Waals surface area contributed by atoms with Gasteiger partial charge in [-0.05, 0) is 41.7 Å². The minimum Gasteiger partial charge on any atom is -0.481 e. The highest BCUT2D eigenvalue weighted by Gasteiger charge is 2.29. The Morgan fingerprint density at radius 2 is 2.10 bits per heavy atom. The van der Waals surface area contributed by atoms with Gasteiger partial charge in [0.2, 0.25) is 0 Å². The third kappa shape index (κ3) is 7.38. The first-order chi connectivity index (χ1) is 9.80. The summed E-state index contributed by atoms with van der Waals surface area (Å²) in [6.45, 7) is 0. The van der Waals surface area contributed by atoms with Crippen LogP contribution in [0.2, 0.25) is 0 Å². The molecule has 0 aliphatic carbocycles. The molecule has 0 amide bonds. The van der Waals surface area contributed by atoms with E-state index >= 15 is 0 Å². The zero-order chi connectivity index (χ0) is 15.9. The van der Waals surface area contributed by atoms with Gasteiger partial charge in [-0.2, -0.15) is 11.3 Å². The summed E-state index contributed by atoms with van der Waals surface area (Å²) in [6.07, 6.45) is -1.55. The Morgan fingerprint density at radius 3 is 2.62 bits per heavy atom. The second kappa shape index (κ2) is 8.29. The van der Waals surface area contributed by atoms with Gasteiger partial charge in [-0.25, -0.2) is 4.79 Å². The predicted octanol–water partition coefficient (Wildman–Crippen LogP) is 2.20. The Labute approximate surface area is 125 Å². The van der Waals surface area contributed by atoms with Gasteiger partial charge in [0, 0.05) is 6.42 Å². The van der Waals surface area contributed by atoms with Crippen molar-refractivity contribution < 1.29 is 33.8 Å². The summed E-state index contributed by atoms with van der Waals surface area (Å²) in [5.41, 5.74) is 1.04. The topological polar surface area (TPSA) is 121 Å². The van der Waals surface area contributed by atoms with Crippen LogP contribution in [0.15, 0.2) is 16.8 Å². The normalized spacial score (nSPS) is 15.3. The quantitative estimate of drug-likeness (QED) is 0.560. The van der Waals surface area contributed by atoms with Gasteiger partial charge in [-0.3, -0.25) is 13.9 Å². The molecule has 7 nitrogen and oxygen atoms in total. The molecule has 0 aliphatic rings. The molecule has 0 bridgehead atoms. The van der Waals surface area contributed by atoms with Gasteiger partial charge in [0.15, 0.2) is 6.10 Å². The molecular formula is C12H17O7PS. The molecule has 0 saturated carbocycles. The van der Waals surface area contributed by atoms with Crippen molar-refractivity contribution in [1.29, 1.82) is 0 Å². The van der Waals surface area contributed by atoms with Crippen molar-refractivity contribution in [2.75, 3.05) is 6.16 Å². The Balaban J connectivity index is 2.45. The van der Waals surface area contributed by atoms with Crippen LogP contribution in [-0.2, 0) is 25.1 Å². The lowest BCUT2D eigenvalue weighted by atomic mass is 10.2. The van der Waals surface area contributed by atoms with Crippen molar-refractivity contribution in [3.8, 4) is 0 Å². The first-order valence-corrected chi connectivity index (χ1v) is 8.96. The van der Waals surface area contributed by atoms with E-state index in [1.165, 1.54) is 11.3 Å². The van der Waals surface area contributed by atoms with Crippen LogP contribution in [0.1, 0.15) is 24.8 Å². The minimum atomic E-state index is -4.05. The van der Waals surface area contributed by atoms with Gasteiger partial charge in [0.25, 0.3) is 0 Å². The third-order valence-corrected chi connectivity index (χ3v) is 4.87. The lowest BCUT2D eigenvalue weighted by molar-refractivity contribution is -0.146. The van der Waals surface area contributed by atoms with E-state index < -0.39 is 32.1 Å². The lowest BCUT2D eigenvalue weighted by Crippen LogP contribution is -2.24. The Morgan fingerprint density at radius 1 is 1.38 bits per heavy atom. The Bertz CT molecular complexity index is 514. The SMILES string of the molecule is O=C(O)CCC(OP(=O)(O)CCCc1ccsc1)C(=O)O. The van der Waals surface area contributed by atoms with Crippen LogP contribution in [0.5, 0.6) is 0 Å². The summed E-state index contributed by atoms with van der Waals surface area (Å²) >= 11 is 1.53. The molecule has 1 aromatic rings. The summed E-state index contributed by atoms with van der Waals surface area (Å²) < 4.78 is 16.5. The predicted molar refractivity (Wildman–Crippen MR) is 76.7 cm³/mol. The molecule has 0 aliphatic heterocycles. The zero-order valence-electron chi connectivity index (χ0n) is 11.2. The van der Waals surface area contributed by atoms with Crippen molar-refractivity contribution in [3.05, 3.63) is 22.4 Å². The summed E-state index contributed by atoms with van der Waals surface area (Å²) in [5.74, 6) is -2.63. The molecule has 1 aromatic heterocycles. The number of carboxylic acid groups (broad SMARTS) is 2. The van der Waals surface area contributed by atoms with Crippen LogP contribution in [0, 0.1) is 0 Å². The molecule has 0 aromatic carbocycles. The number of rotatable bonds is 10. The van der Waals surface area contributed by atoms with Gasteiger partial charge in [0.1, 0.15) is 0 Å². The monoisotopic (exact) mass is 336 g/mol. The van der Waals surface area contributed by atoms with Crippen LogP contribution < -0.4 is 0 Å². The van der Waals surface area contributed by atoms with E-state index in [2.05, 4.69) is 0 Å². The number of aliphatic carboxylic acids is 2. The van der Waals surface area contributed by atoms with Crippen LogP contribution >= 0.6 is 18.9 Å². The Kier molecular flexibility index (Phi) is 7.04. The van der Waals surface area contributed by atoms with Crippen LogP contribution in [-0.4, -0.2) is 39.3 Å². The highest BCUT2D eigenvalue weighted by molar-refractivity contribution is 7.52. The van der Waals surface area contributed by atoms with Crippen molar-refractivity contribution in [2.45, 2.75) is 31.8 Å². The molecule has 2 atom stereocenters. The van der Waals surface area contributed by atoms with E-state index in [1.807, 2.05) is 16.8 Å². The van der Waals surface area contributed by atoms with E-state index in [0.29, 0.717) is 12.8 Å². The fourth-order valence-electron chi connectivity index (χ4n) is 1.65. The molecule has 0 spiro atoms. The van der Waals surface area contributed by atoms with E-state index in [4.69, 9.17) is 14.7 Å². The zero-order valence-corrected chi connectivity index (χ0v) is 12.9. The molecule has 0 radical (unpaired) electrons. The second-order valence-corrected chi connectivity index (χ2v) is 7.17. The maximum absolute atomic E-state index is 11.8. The molecular weight excluding hydrogens is 319 g/mol. The average molecular weight is 336 g/mol. The smallest absolute Gasteiger partial charge is 0.333 e. The summed E-state index contributed by atoms with van der Waals surface area (Å²) in [6, 6.07) is 1.90. The van der Waals surface area contributed by atoms with E-state index in [1.54, 1.807) is 0 Å². The maximum Gasteiger partial charge on any atom is 0.333 e. The average Bonchev–Trinajstić information content (AvgIpc) is 2.86. The molecule has 1 heterocycles. The van der Waals surface area contributed by atoms with Gasteiger partial charge in [-0.1, -0.05) is 0 Å². The summed E-state index contributed by atoms with van der Waals surface area (Å²) in [5, 5.41) is 21.2. The molecule has 0 fully saturated rings. The van der Waals surface area contributed by atoms with Crippen molar-refractivity contribution in [3.63, 3.8) is 0 Å². The minimum absolute atomic E-state index is 0.167. The highest BCUT2D eigenvalue weighted by Crippen LogP contribution is 2.44. The van der Waals surface area contributed by atoms with Crippen LogP contribution in [0.3, 0.4) is 0 Å². The number of hydrogen-bond acceptors (Lipinski definition) is 5. The molecule has 21 heavy (non-hydrogen) atoms. The van der Waals surface area contributed by atoms with E-state index in [-0.39, 0.29) is 12.6 Å². The Hall–Kier alpha value is -1.21. The van der Waals surface area contributed by atoms with Gasteiger partial charge < -0.3 is 15.1 Å².